The van der Waals surface area contributed by atoms with E-state index in [4.69, 9.17) is 0 Å². The maximum absolute atomic E-state index is 11.6. The Bertz CT molecular complexity index is 765. The van der Waals surface area contributed by atoms with Crippen LogP contribution in [0.5, 0.6) is 0 Å². The van der Waals surface area contributed by atoms with Gasteiger partial charge in [0.15, 0.2) is 0 Å². The zero-order chi connectivity index (χ0) is 13.8. The zero-order valence-electron chi connectivity index (χ0n) is 10.3. The van der Waals surface area contributed by atoms with E-state index in [1.54, 1.807) is 6.08 Å². The average Bonchev–Trinajstić information content (AvgIpc) is 2.98. The second-order valence-electron chi connectivity index (χ2n) is 4.00. The van der Waals surface area contributed by atoms with Crippen molar-refractivity contribution in [2.45, 2.75) is 0 Å². The summed E-state index contributed by atoms with van der Waals surface area (Å²) in [7, 11) is 0. The average molecular weight is 266 g/mol. The normalized spacial score (nSPS) is 11.0. The largest absolute Gasteiger partial charge is 0.290 e. The van der Waals surface area contributed by atoms with Crippen LogP contribution in [-0.4, -0.2) is 31.5 Å². The maximum atomic E-state index is 11.6. The van der Waals surface area contributed by atoms with Gasteiger partial charge >= 0.3 is 0 Å². The summed E-state index contributed by atoms with van der Waals surface area (Å²) in [6, 6.07) is 11.6. The van der Waals surface area contributed by atoms with Crippen molar-refractivity contribution < 1.29 is 4.79 Å². The molecule has 0 bridgehead atoms. The fourth-order valence-electron chi connectivity index (χ4n) is 1.71. The van der Waals surface area contributed by atoms with Gasteiger partial charge in [0.1, 0.15) is 0 Å². The second kappa shape index (κ2) is 5.27. The molecule has 0 radical (unpaired) electrons. The first kappa shape index (κ1) is 12.0. The van der Waals surface area contributed by atoms with E-state index in [0.717, 1.165) is 10.9 Å². The Kier molecular flexibility index (Phi) is 3.15. The van der Waals surface area contributed by atoms with Crippen LogP contribution >= 0.6 is 0 Å². The van der Waals surface area contributed by atoms with Crippen molar-refractivity contribution in [3.05, 3.63) is 48.2 Å². The number of H-pyrrole nitrogens is 1. The molecule has 7 nitrogen and oxygen atoms in total. The molecule has 3 aromatic rings. The minimum absolute atomic E-state index is 0.200. The minimum atomic E-state index is -0.335. The SMILES string of the molecule is O=C(C=Cc1ccc2ccccc2n1)Nc1nnn[nH]1. The lowest BCUT2D eigenvalue weighted by Crippen LogP contribution is -2.09. The van der Waals surface area contributed by atoms with Gasteiger partial charge in [-0.25, -0.2) is 10.1 Å². The van der Waals surface area contributed by atoms with Crippen LogP contribution in [0.4, 0.5) is 5.95 Å². The molecule has 1 aromatic carbocycles. The summed E-state index contributed by atoms with van der Waals surface area (Å²) in [5, 5.41) is 16.2. The number of hydrogen-bond donors (Lipinski definition) is 2. The van der Waals surface area contributed by atoms with Crippen LogP contribution in [0.2, 0.25) is 0 Å². The molecule has 0 saturated carbocycles. The number of para-hydroxylation sites is 1. The number of amides is 1. The lowest BCUT2D eigenvalue weighted by molar-refractivity contribution is -0.111. The van der Waals surface area contributed by atoms with E-state index in [-0.39, 0.29) is 11.9 Å². The van der Waals surface area contributed by atoms with Crippen LogP contribution in [0.3, 0.4) is 0 Å². The van der Waals surface area contributed by atoms with Gasteiger partial charge in [-0.2, -0.15) is 0 Å². The van der Waals surface area contributed by atoms with E-state index in [0.29, 0.717) is 5.69 Å². The number of hydrogen-bond acceptors (Lipinski definition) is 5. The molecule has 0 saturated heterocycles. The molecule has 0 aliphatic rings. The van der Waals surface area contributed by atoms with Crippen molar-refractivity contribution in [3.63, 3.8) is 0 Å². The number of aromatic amines is 1. The zero-order valence-corrected chi connectivity index (χ0v) is 10.3. The number of benzene rings is 1. The highest BCUT2D eigenvalue weighted by Crippen LogP contribution is 2.12. The first-order valence-corrected chi connectivity index (χ1v) is 5.90. The fourth-order valence-corrected chi connectivity index (χ4v) is 1.71. The topological polar surface area (TPSA) is 96.5 Å². The Morgan fingerprint density at radius 3 is 2.95 bits per heavy atom. The molecule has 7 heteroatoms. The highest BCUT2D eigenvalue weighted by atomic mass is 16.1. The molecule has 0 aliphatic carbocycles. The van der Waals surface area contributed by atoms with Crippen LogP contribution in [0.15, 0.2) is 42.5 Å². The molecule has 0 atom stereocenters. The molecule has 0 unspecified atom stereocenters. The number of anilines is 1. The van der Waals surface area contributed by atoms with Gasteiger partial charge in [0.05, 0.1) is 11.2 Å². The van der Waals surface area contributed by atoms with Crippen molar-refractivity contribution in [2.24, 2.45) is 0 Å². The third-order valence-electron chi connectivity index (χ3n) is 2.61. The van der Waals surface area contributed by atoms with Crippen LogP contribution < -0.4 is 5.32 Å². The highest BCUT2D eigenvalue weighted by Gasteiger charge is 2.01. The molecule has 2 aromatic heterocycles. The molecular weight excluding hydrogens is 256 g/mol. The first-order chi connectivity index (χ1) is 9.81. The van der Waals surface area contributed by atoms with E-state index in [2.05, 4.69) is 30.9 Å². The summed E-state index contributed by atoms with van der Waals surface area (Å²) in [6.45, 7) is 0. The van der Waals surface area contributed by atoms with E-state index in [9.17, 15) is 4.79 Å². The van der Waals surface area contributed by atoms with Gasteiger partial charge in [0.2, 0.25) is 5.95 Å². The molecule has 3 rings (SSSR count). The Morgan fingerprint density at radius 2 is 2.10 bits per heavy atom. The summed E-state index contributed by atoms with van der Waals surface area (Å²) in [4.78, 5) is 16.0. The number of nitrogens with zero attached hydrogens (tertiary/aromatic N) is 4. The minimum Gasteiger partial charge on any atom is -0.290 e. The van der Waals surface area contributed by atoms with Gasteiger partial charge in [-0.05, 0) is 28.6 Å². The van der Waals surface area contributed by atoms with Gasteiger partial charge in [0, 0.05) is 11.5 Å². The Morgan fingerprint density at radius 1 is 1.20 bits per heavy atom. The van der Waals surface area contributed by atoms with E-state index in [1.165, 1.54) is 6.08 Å². The number of carbonyl (C=O) groups is 1. The van der Waals surface area contributed by atoms with Crippen LogP contribution in [0.1, 0.15) is 5.69 Å². The summed E-state index contributed by atoms with van der Waals surface area (Å²) in [6.07, 6.45) is 3.01. The molecule has 98 valence electrons. The molecule has 2 heterocycles. The number of fused-ring (bicyclic) bond motifs is 1. The Labute approximate surface area is 113 Å². The van der Waals surface area contributed by atoms with Gasteiger partial charge in [-0.15, -0.1) is 0 Å². The van der Waals surface area contributed by atoms with Crippen molar-refractivity contribution in [3.8, 4) is 0 Å². The van der Waals surface area contributed by atoms with Gasteiger partial charge in [0.25, 0.3) is 5.91 Å². The third-order valence-corrected chi connectivity index (χ3v) is 2.61. The quantitative estimate of drug-likeness (QED) is 0.698. The Balaban J connectivity index is 1.75. The van der Waals surface area contributed by atoms with Crippen molar-refractivity contribution >= 4 is 28.8 Å². The number of nitrogens with one attached hydrogen (secondary N) is 2. The molecule has 2 N–H and O–H groups in total. The second-order valence-corrected chi connectivity index (χ2v) is 4.00. The molecule has 1 amide bonds. The van der Waals surface area contributed by atoms with Gasteiger partial charge < -0.3 is 0 Å². The van der Waals surface area contributed by atoms with Crippen molar-refractivity contribution in [1.29, 1.82) is 0 Å². The fraction of sp³-hybridized carbons (Fsp3) is 0. The highest BCUT2D eigenvalue weighted by molar-refractivity contribution is 6.00. The monoisotopic (exact) mass is 266 g/mol. The summed E-state index contributed by atoms with van der Waals surface area (Å²) >= 11 is 0. The van der Waals surface area contributed by atoms with Crippen molar-refractivity contribution in [2.75, 3.05) is 5.32 Å². The van der Waals surface area contributed by atoms with Crippen LogP contribution in [0, 0.1) is 0 Å². The molecule has 0 spiro atoms. The maximum Gasteiger partial charge on any atom is 0.250 e. The Hall–Kier alpha value is -3.09. The first-order valence-electron chi connectivity index (χ1n) is 5.90. The number of pyridine rings is 1. The van der Waals surface area contributed by atoms with Gasteiger partial charge in [-0.1, -0.05) is 29.4 Å². The summed E-state index contributed by atoms with van der Waals surface area (Å²) in [5.41, 5.74) is 1.59. The predicted molar refractivity (Wildman–Crippen MR) is 73.6 cm³/mol. The predicted octanol–water partition coefficient (Wildman–Crippen LogP) is 1.40. The number of carbonyl (C=O) groups excluding carboxylic acids is 1. The summed E-state index contributed by atoms with van der Waals surface area (Å²) < 4.78 is 0. The smallest absolute Gasteiger partial charge is 0.250 e. The standard InChI is InChI=1S/C13H10N6O/c20-12(15-13-16-18-19-17-13)8-7-10-6-5-9-3-1-2-4-11(9)14-10/h1-8H,(H2,15,16,17,18,19,20). The van der Waals surface area contributed by atoms with Crippen molar-refractivity contribution in [1.82, 2.24) is 25.6 Å². The molecular formula is C13H10N6O. The van der Waals surface area contributed by atoms with Gasteiger partial charge in [-0.3, -0.25) is 10.1 Å². The number of aromatic nitrogens is 5. The lowest BCUT2D eigenvalue weighted by atomic mass is 10.2. The molecule has 0 aliphatic heterocycles. The number of tetrazole rings is 1. The van der Waals surface area contributed by atoms with E-state index in [1.807, 2.05) is 36.4 Å². The molecule has 0 fully saturated rings. The lowest BCUT2D eigenvalue weighted by Gasteiger charge is -1.98. The third kappa shape index (κ3) is 2.66. The van der Waals surface area contributed by atoms with Crippen LogP contribution in [0.25, 0.3) is 17.0 Å². The number of rotatable bonds is 3. The van der Waals surface area contributed by atoms with Crippen LogP contribution in [-0.2, 0) is 4.79 Å². The van der Waals surface area contributed by atoms with E-state index >= 15 is 0 Å². The van der Waals surface area contributed by atoms with E-state index < -0.39 is 0 Å². The summed E-state index contributed by atoms with van der Waals surface area (Å²) in [5.74, 6) is -0.135. The molecule has 20 heavy (non-hydrogen) atoms.